The van der Waals surface area contributed by atoms with Crippen LogP contribution in [0.4, 0.5) is 10.1 Å². The lowest BCUT2D eigenvalue weighted by Gasteiger charge is -2.10. The van der Waals surface area contributed by atoms with Crippen LogP contribution in [0.3, 0.4) is 0 Å². The van der Waals surface area contributed by atoms with Gasteiger partial charge in [-0.05, 0) is 36.5 Å². The Hall–Kier alpha value is -0.700. The largest absolute Gasteiger partial charge is 0.384 e. The lowest BCUT2D eigenvalue weighted by Crippen LogP contribution is -2.15. The van der Waals surface area contributed by atoms with Crippen LogP contribution in [0.25, 0.3) is 0 Å². The molecule has 2 aliphatic rings. The van der Waals surface area contributed by atoms with E-state index in [1.54, 1.807) is 17.8 Å². The predicted octanol–water partition coefficient (Wildman–Crippen LogP) is 3.12. The minimum Gasteiger partial charge on any atom is -0.384 e. The molecule has 0 radical (unpaired) electrons. The van der Waals surface area contributed by atoms with Crippen LogP contribution in [0.5, 0.6) is 0 Å². The summed E-state index contributed by atoms with van der Waals surface area (Å²) < 4.78 is 13.0. The molecule has 1 N–H and O–H groups in total. The Morgan fingerprint density at radius 1 is 1.36 bits per heavy atom. The summed E-state index contributed by atoms with van der Waals surface area (Å²) in [5.41, 5.74) is 1.61. The number of hydrogen-bond acceptors (Lipinski definition) is 2. The molecule has 1 aliphatic heterocycles. The summed E-state index contributed by atoms with van der Waals surface area (Å²) in [6, 6.07) is 5.00. The van der Waals surface area contributed by atoms with Crippen LogP contribution in [-0.4, -0.2) is 12.3 Å². The highest BCUT2D eigenvalue weighted by Crippen LogP contribution is 2.51. The van der Waals surface area contributed by atoms with Crippen molar-refractivity contribution in [3.63, 3.8) is 0 Å². The van der Waals surface area contributed by atoms with Crippen molar-refractivity contribution in [3.8, 4) is 0 Å². The van der Waals surface area contributed by atoms with Crippen LogP contribution in [0.1, 0.15) is 12.8 Å². The first-order valence-electron chi connectivity index (χ1n) is 4.94. The van der Waals surface area contributed by atoms with Crippen molar-refractivity contribution in [3.05, 3.63) is 24.0 Å². The first-order chi connectivity index (χ1) is 6.77. The van der Waals surface area contributed by atoms with Gasteiger partial charge in [0.25, 0.3) is 0 Å². The Bertz CT molecular complexity index is 374. The molecule has 1 aliphatic carbocycles. The number of thioether (sulfide) groups is 1. The molecule has 3 heteroatoms. The van der Waals surface area contributed by atoms with Crippen molar-refractivity contribution in [2.45, 2.75) is 17.7 Å². The molecule has 14 heavy (non-hydrogen) atoms. The van der Waals surface area contributed by atoms with Crippen LogP contribution in [0, 0.1) is 11.2 Å². The molecule has 0 aromatic heterocycles. The van der Waals surface area contributed by atoms with Gasteiger partial charge in [0.2, 0.25) is 0 Å². The fourth-order valence-electron chi connectivity index (χ4n) is 1.82. The fraction of sp³-hybridized carbons (Fsp3) is 0.455. The van der Waals surface area contributed by atoms with Gasteiger partial charge in [-0.1, -0.05) is 0 Å². The van der Waals surface area contributed by atoms with E-state index in [-0.39, 0.29) is 5.82 Å². The molecule has 1 nitrogen and oxygen atoms in total. The van der Waals surface area contributed by atoms with Crippen molar-refractivity contribution >= 4 is 17.4 Å². The second kappa shape index (κ2) is 2.89. The van der Waals surface area contributed by atoms with E-state index >= 15 is 0 Å². The van der Waals surface area contributed by atoms with E-state index in [4.69, 9.17) is 0 Å². The monoisotopic (exact) mass is 209 g/mol. The van der Waals surface area contributed by atoms with Crippen molar-refractivity contribution in [1.82, 2.24) is 0 Å². The van der Waals surface area contributed by atoms with Crippen molar-refractivity contribution < 1.29 is 4.39 Å². The summed E-state index contributed by atoms with van der Waals surface area (Å²) in [4.78, 5) is 1.06. The van der Waals surface area contributed by atoms with E-state index in [9.17, 15) is 4.39 Å². The number of benzene rings is 1. The van der Waals surface area contributed by atoms with Crippen molar-refractivity contribution in [1.29, 1.82) is 0 Å². The maximum absolute atomic E-state index is 13.0. The third kappa shape index (κ3) is 1.40. The van der Waals surface area contributed by atoms with Crippen LogP contribution < -0.4 is 5.32 Å². The molecule has 1 aromatic carbocycles. The van der Waals surface area contributed by atoms with Gasteiger partial charge in [0.05, 0.1) is 0 Å². The van der Waals surface area contributed by atoms with Gasteiger partial charge in [-0.3, -0.25) is 0 Å². The van der Waals surface area contributed by atoms with Gasteiger partial charge in [0, 0.05) is 22.9 Å². The minimum absolute atomic E-state index is 0.134. The lowest BCUT2D eigenvalue weighted by atomic mass is 10.1. The molecule has 74 valence electrons. The lowest BCUT2D eigenvalue weighted by molar-refractivity contribution is 0.623. The standard InChI is InChI=1S/C11H12FNS/c12-8-1-2-9-10(5-8)14-7-11(3-4-11)6-13-9/h1-2,5,13H,3-4,6-7H2. The molecule has 1 heterocycles. The van der Waals surface area contributed by atoms with Crippen LogP contribution in [0.15, 0.2) is 23.1 Å². The van der Waals surface area contributed by atoms with Gasteiger partial charge in [-0.2, -0.15) is 0 Å². The number of rotatable bonds is 0. The zero-order valence-corrected chi connectivity index (χ0v) is 8.66. The molecular formula is C11H12FNS. The average molecular weight is 209 g/mol. The molecule has 1 saturated carbocycles. The van der Waals surface area contributed by atoms with Gasteiger partial charge in [-0.25, -0.2) is 4.39 Å². The van der Waals surface area contributed by atoms with Crippen LogP contribution >= 0.6 is 11.8 Å². The molecule has 1 aromatic rings. The van der Waals surface area contributed by atoms with E-state index in [0.29, 0.717) is 5.41 Å². The Labute approximate surface area is 87.1 Å². The van der Waals surface area contributed by atoms with Crippen LogP contribution in [0.2, 0.25) is 0 Å². The third-order valence-electron chi connectivity index (χ3n) is 3.09. The third-order valence-corrected chi connectivity index (χ3v) is 4.49. The molecular weight excluding hydrogens is 197 g/mol. The molecule has 0 atom stereocenters. The molecule has 0 saturated heterocycles. The summed E-state index contributed by atoms with van der Waals surface area (Å²) in [7, 11) is 0. The number of halogens is 1. The van der Waals surface area contributed by atoms with Crippen molar-refractivity contribution in [2.24, 2.45) is 5.41 Å². The fourth-order valence-corrected chi connectivity index (χ4v) is 3.17. The maximum atomic E-state index is 13.0. The number of anilines is 1. The Balaban J connectivity index is 1.93. The summed E-state index contributed by atoms with van der Waals surface area (Å²) in [5, 5.41) is 3.42. The predicted molar refractivity (Wildman–Crippen MR) is 57.3 cm³/mol. The summed E-state index contributed by atoms with van der Waals surface area (Å²) in [6.45, 7) is 1.05. The first-order valence-corrected chi connectivity index (χ1v) is 5.92. The van der Waals surface area contributed by atoms with E-state index in [1.807, 2.05) is 6.07 Å². The zero-order chi connectivity index (χ0) is 9.60. The molecule has 1 spiro atoms. The summed E-state index contributed by atoms with van der Waals surface area (Å²) in [6.07, 6.45) is 2.65. The van der Waals surface area contributed by atoms with Crippen molar-refractivity contribution in [2.75, 3.05) is 17.6 Å². The quantitative estimate of drug-likeness (QED) is 0.704. The highest BCUT2D eigenvalue weighted by Gasteiger charge is 2.43. The molecule has 0 amide bonds. The number of fused-ring (bicyclic) bond motifs is 1. The molecule has 0 bridgehead atoms. The normalized spacial score (nSPS) is 22.4. The molecule has 0 unspecified atom stereocenters. The van der Waals surface area contributed by atoms with E-state index in [2.05, 4.69) is 5.32 Å². The average Bonchev–Trinajstić information content (AvgIpc) is 2.96. The van der Waals surface area contributed by atoms with E-state index in [1.165, 1.54) is 18.9 Å². The van der Waals surface area contributed by atoms with Gasteiger partial charge in [0.15, 0.2) is 0 Å². The van der Waals surface area contributed by atoms with Gasteiger partial charge >= 0.3 is 0 Å². The Morgan fingerprint density at radius 3 is 3.00 bits per heavy atom. The second-order valence-corrected chi connectivity index (χ2v) is 5.30. The smallest absolute Gasteiger partial charge is 0.124 e. The van der Waals surface area contributed by atoms with E-state index in [0.717, 1.165) is 22.9 Å². The van der Waals surface area contributed by atoms with Gasteiger partial charge in [-0.15, -0.1) is 11.8 Å². The summed E-state index contributed by atoms with van der Waals surface area (Å²) in [5.74, 6) is 1.00. The SMILES string of the molecule is Fc1ccc2c(c1)SCC1(CC1)CN2. The second-order valence-electron chi connectivity index (χ2n) is 4.28. The Morgan fingerprint density at radius 2 is 2.21 bits per heavy atom. The summed E-state index contributed by atoms with van der Waals surface area (Å²) >= 11 is 1.79. The highest BCUT2D eigenvalue weighted by molar-refractivity contribution is 7.99. The first kappa shape index (κ1) is 8.60. The topological polar surface area (TPSA) is 12.0 Å². The Kier molecular flexibility index (Phi) is 1.78. The zero-order valence-electron chi connectivity index (χ0n) is 7.85. The minimum atomic E-state index is -0.134. The maximum Gasteiger partial charge on any atom is 0.124 e. The highest BCUT2D eigenvalue weighted by atomic mass is 32.2. The number of hydrogen-bond donors (Lipinski definition) is 1. The molecule has 3 rings (SSSR count). The molecule has 1 fully saturated rings. The van der Waals surface area contributed by atoms with Gasteiger partial charge < -0.3 is 5.32 Å². The van der Waals surface area contributed by atoms with E-state index < -0.39 is 0 Å². The number of nitrogens with one attached hydrogen (secondary N) is 1. The van der Waals surface area contributed by atoms with Gasteiger partial charge in [0.1, 0.15) is 5.82 Å². The van der Waals surface area contributed by atoms with Crippen LogP contribution in [-0.2, 0) is 0 Å².